The second kappa shape index (κ2) is 22.7. The van der Waals surface area contributed by atoms with E-state index in [1.807, 2.05) is 48.5 Å². The average molecular weight is 1050 g/mol. The Hall–Kier alpha value is -7.27. The molecule has 10 rings (SSSR count). The van der Waals surface area contributed by atoms with Crippen molar-refractivity contribution >= 4 is 21.8 Å². The molecule has 2 fully saturated rings. The van der Waals surface area contributed by atoms with Crippen LogP contribution in [0.25, 0.3) is 0 Å². The molecular weight excluding hydrogens is 997 g/mol. The number of carbonyl (C=O) groups is 2. The molecular formula is C58H56F4O12S. The third kappa shape index (κ3) is 12.6. The highest BCUT2D eigenvalue weighted by Gasteiger charge is 2.46. The van der Waals surface area contributed by atoms with E-state index in [1.165, 1.54) is 48.5 Å². The minimum Gasteiger partial charge on any atom is -0.505 e. The van der Waals surface area contributed by atoms with Gasteiger partial charge in [0.15, 0.2) is 23.1 Å². The maximum absolute atomic E-state index is 15.0. The molecule has 0 saturated heterocycles. The van der Waals surface area contributed by atoms with Crippen LogP contribution in [0.15, 0.2) is 109 Å². The second-order valence-electron chi connectivity index (χ2n) is 18.9. The van der Waals surface area contributed by atoms with Crippen molar-refractivity contribution in [1.29, 1.82) is 0 Å². The zero-order valence-corrected chi connectivity index (χ0v) is 42.3. The molecule has 0 heterocycles. The second-order valence-corrected chi connectivity index (χ2v) is 21.2. The Balaban J connectivity index is 0.000000187. The molecule has 0 aliphatic heterocycles. The molecule has 4 aliphatic rings. The van der Waals surface area contributed by atoms with E-state index >= 15 is 0 Å². The lowest BCUT2D eigenvalue weighted by Crippen LogP contribution is -2.08. The van der Waals surface area contributed by atoms with Crippen molar-refractivity contribution in [2.45, 2.75) is 82.8 Å². The van der Waals surface area contributed by atoms with Crippen molar-refractivity contribution in [3.8, 4) is 46.0 Å². The van der Waals surface area contributed by atoms with Gasteiger partial charge in [0.1, 0.15) is 68.2 Å². The number of halogens is 4. The largest absolute Gasteiger partial charge is 0.505 e. The van der Waals surface area contributed by atoms with E-state index in [4.69, 9.17) is 33.2 Å². The van der Waals surface area contributed by atoms with E-state index < -0.39 is 45.2 Å². The van der Waals surface area contributed by atoms with Gasteiger partial charge in [0.2, 0.25) is 0 Å². The quantitative estimate of drug-likeness (QED) is 0.0467. The molecule has 0 amide bonds. The van der Waals surface area contributed by atoms with Gasteiger partial charge in [-0.3, -0.25) is 9.59 Å². The molecule has 0 radical (unpaired) electrons. The predicted molar refractivity (Wildman–Crippen MR) is 268 cm³/mol. The number of ether oxygens (including phenoxy) is 7. The first-order chi connectivity index (χ1) is 36.1. The number of rotatable bonds is 19. The molecule has 0 bridgehead atoms. The summed E-state index contributed by atoms with van der Waals surface area (Å²) >= 11 is 0. The summed E-state index contributed by atoms with van der Waals surface area (Å²) in [6, 6.07) is 28.6. The standard InChI is InChI=1S/C31H32F2O7S.C27H24F2O5/c1-3-37-31(34)24-18-23(24)19-5-7-20(8-6-19)39-29-13-10-22-27(14-11-25(32)30(22)29)40-21-9-12-28(26(33)17-21)38-15-4-16-41(2,35)36;1-2-32-27(31)20-14-19(20)15-3-5-16(6-4-15)33-25-11-8-18-24(12-9-21(28)26(18)25)34-17-7-10-23(30)22(29)13-17/h5-9,11-12,14,17,23-24,29H,3-4,10,13,15-16,18H2,1-2H3;3-7,9-10,12-13,19-20,25,30H,2,8,11,14H2,1H3/t23-,24+,29-;19-,20+,25-/m11/s1. The van der Waals surface area contributed by atoms with Gasteiger partial charge in [-0.05, 0) is 155 Å². The monoisotopic (exact) mass is 1050 g/mol. The third-order valence-electron chi connectivity index (χ3n) is 13.6. The maximum Gasteiger partial charge on any atom is 0.309 e. The van der Waals surface area contributed by atoms with E-state index in [2.05, 4.69) is 0 Å². The smallest absolute Gasteiger partial charge is 0.309 e. The van der Waals surface area contributed by atoms with Crippen LogP contribution in [0.3, 0.4) is 0 Å². The summed E-state index contributed by atoms with van der Waals surface area (Å²) in [7, 11) is -3.11. The highest BCUT2D eigenvalue weighted by molar-refractivity contribution is 7.90. The summed E-state index contributed by atoms with van der Waals surface area (Å²) in [4.78, 5) is 23.8. The Labute approximate surface area is 432 Å². The summed E-state index contributed by atoms with van der Waals surface area (Å²) in [6.07, 6.45) is 4.16. The molecule has 0 aromatic heterocycles. The Bertz CT molecular complexity index is 3170. The van der Waals surface area contributed by atoms with Gasteiger partial charge >= 0.3 is 11.9 Å². The van der Waals surface area contributed by atoms with Gasteiger partial charge in [0.05, 0.1) is 37.4 Å². The SMILES string of the molecule is CCOC(=O)[C@H]1C[C@@H]1c1ccc(O[C@@H]2CCc3c(Oc4ccc(O)c(F)c4)ccc(F)c32)cc1.CCOC(=O)[C@H]1C[C@@H]1c1ccc(O[C@@H]2CCc3c(Oc4ccc(OCCCS(C)(=O)=O)c(F)c4)ccc(F)c32)cc1. The van der Waals surface area contributed by atoms with Crippen LogP contribution in [-0.4, -0.2) is 57.3 Å². The molecule has 394 valence electrons. The van der Waals surface area contributed by atoms with Crippen LogP contribution in [0.1, 0.15) is 103 Å². The number of hydrogen-bond donors (Lipinski definition) is 1. The number of phenols is 1. The Morgan fingerprint density at radius 2 is 1.01 bits per heavy atom. The van der Waals surface area contributed by atoms with Crippen molar-refractivity contribution < 1.29 is 73.8 Å². The zero-order chi connectivity index (χ0) is 53.0. The van der Waals surface area contributed by atoms with Crippen molar-refractivity contribution in [3.63, 3.8) is 0 Å². The van der Waals surface area contributed by atoms with Crippen molar-refractivity contribution in [3.05, 3.63) is 166 Å². The maximum atomic E-state index is 15.0. The number of sulfone groups is 1. The topological polar surface area (TPSA) is 153 Å². The summed E-state index contributed by atoms with van der Waals surface area (Å²) in [5.74, 6) is -0.409. The first-order valence-corrected chi connectivity index (χ1v) is 27.1. The number of benzene rings is 6. The molecule has 6 aromatic rings. The van der Waals surface area contributed by atoms with E-state index in [1.54, 1.807) is 19.9 Å². The minimum absolute atomic E-state index is 0.00670. The van der Waals surface area contributed by atoms with Crippen LogP contribution in [-0.2, 0) is 41.7 Å². The number of carbonyl (C=O) groups excluding carboxylic acids is 2. The molecule has 1 N–H and O–H groups in total. The molecule has 75 heavy (non-hydrogen) atoms. The first kappa shape index (κ1) is 52.6. The highest BCUT2D eigenvalue weighted by Crippen LogP contribution is 2.50. The van der Waals surface area contributed by atoms with Gasteiger partial charge in [-0.1, -0.05) is 24.3 Å². The molecule has 12 nitrogen and oxygen atoms in total. The van der Waals surface area contributed by atoms with Crippen LogP contribution in [0, 0.1) is 35.1 Å². The fourth-order valence-electron chi connectivity index (χ4n) is 9.74. The molecule has 2 saturated carbocycles. The number of phenolic OH excluding ortho intramolecular Hbond substituents is 1. The Morgan fingerprint density at radius 3 is 1.45 bits per heavy atom. The Morgan fingerprint density at radius 1 is 0.573 bits per heavy atom. The minimum atomic E-state index is -3.11. The summed E-state index contributed by atoms with van der Waals surface area (Å²) in [5, 5.41) is 9.37. The van der Waals surface area contributed by atoms with Crippen molar-refractivity contribution in [2.75, 3.05) is 31.8 Å². The van der Waals surface area contributed by atoms with E-state index in [0.717, 1.165) is 36.3 Å². The van der Waals surface area contributed by atoms with Crippen LogP contribution in [0.2, 0.25) is 0 Å². The fourth-order valence-corrected chi connectivity index (χ4v) is 10.4. The molecule has 0 spiro atoms. The predicted octanol–water partition coefficient (Wildman–Crippen LogP) is 12.5. The normalized spacial score (nSPS) is 19.9. The zero-order valence-electron chi connectivity index (χ0n) is 41.5. The lowest BCUT2D eigenvalue weighted by atomic mass is 10.1. The molecule has 6 atom stereocenters. The average Bonchev–Trinajstić information content (AvgIpc) is 4.28. The van der Waals surface area contributed by atoms with Gasteiger partial charge in [-0.25, -0.2) is 26.0 Å². The van der Waals surface area contributed by atoms with Crippen LogP contribution >= 0.6 is 0 Å². The molecule has 0 unspecified atom stereocenters. The van der Waals surface area contributed by atoms with Crippen LogP contribution < -0.4 is 23.7 Å². The molecule has 6 aromatic carbocycles. The van der Waals surface area contributed by atoms with Gasteiger partial charge in [-0.2, -0.15) is 0 Å². The van der Waals surface area contributed by atoms with Gasteiger partial charge in [0.25, 0.3) is 0 Å². The lowest BCUT2D eigenvalue weighted by molar-refractivity contribution is -0.145. The molecule has 4 aliphatic carbocycles. The highest BCUT2D eigenvalue weighted by atomic mass is 32.2. The van der Waals surface area contributed by atoms with Crippen LogP contribution in [0.4, 0.5) is 17.6 Å². The number of fused-ring (bicyclic) bond motifs is 2. The summed E-state index contributed by atoms with van der Waals surface area (Å²) < 4.78 is 120. The van der Waals surface area contributed by atoms with Gasteiger partial charge in [0, 0.05) is 40.6 Å². The molecule has 17 heteroatoms. The van der Waals surface area contributed by atoms with Crippen molar-refractivity contribution in [1.82, 2.24) is 0 Å². The number of esters is 2. The first-order valence-electron chi connectivity index (χ1n) is 25.0. The third-order valence-corrected chi connectivity index (χ3v) is 14.6. The fraction of sp³-hybridized carbons (Fsp3) is 0.345. The van der Waals surface area contributed by atoms with E-state index in [0.29, 0.717) is 84.1 Å². The van der Waals surface area contributed by atoms with Gasteiger partial charge in [-0.15, -0.1) is 0 Å². The lowest BCUT2D eigenvalue weighted by Gasteiger charge is -2.17. The summed E-state index contributed by atoms with van der Waals surface area (Å²) in [5.41, 5.74) is 4.31. The summed E-state index contributed by atoms with van der Waals surface area (Å²) in [6.45, 7) is 4.41. The van der Waals surface area contributed by atoms with Crippen LogP contribution in [0.5, 0.6) is 46.0 Å². The van der Waals surface area contributed by atoms with E-state index in [9.17, 15) is 40.7 Å². The Kier molecular flexibility index (Phi) is 15.9. The van der Waals surface area contributed by atoms with Crippen molar-refractivity contribution in [2.24, 2.45) is 11.8 Å². The van der Waals surface area contributed by atoms with Gasteiger partial charge < -0.3 is 38.3 Å². The number of aromatic hydroxyl groups is 1. The number of hydrogen-bond acceptors (Lipinski definition) is 12. The van der Waals surface area contributed by atoms with E-state index in [-0.39, 0.29) is 77.5 Å².